The van der Waals surface area contributed by atoms with Gasteiger partial charge in [0.05, 0.1) is 5.25 Å². The zero-order valence-corrected chi connectivity index (χ0v) is 14.6. The third-order valence-corrected chi connectivity index (χ3v) is 5.11. The molecule has 112 valence electrons. The van der Waals surface area contributed by atoms with Crippen molar-refractivity contribution in [3.8, 4) is 11.5 Å². The van der Waals surface area contributed by atoms with Crippen LogP contribution in [0.2, 0.25) is 0 Å². The summed E-state index contributed by atoms with van der Waals surface area (Å²) in [7, 11) is 0. The molecule has 0 aliphatic heterocycles. The molecule has 0 aliphatic rings. The van der Waals surface area contributed by atoms with E-state index in [-0.39, 0.29) is 5.25 Å². The number of hydrogen-bond donors (Lipinski definition) is 0. The highest BCUT2D eigenvalue weighted by Crippen LogP contribution is 2.37. The van der Waals surface area contributed by atoms with Gasteiger partial charge < -0.3 is 4.42 Å². The second kappa shape index (κ2) is 6.62. The van der Waals surface area contributed by atoms with Crippen LogP contribution in [0.5, 0.6) is 0 Å². The van der Waals surface area contributed by atoms with Gasteiger partial charge in [0.1, 0.15) is 5.03 Å². The summed E-state index contributed by atoms with van der Waals surface area (Å²) in [5.41, 5.74) is 2.13. The van der Waals surface area contributed by atoms with Crippen LogP contribution < -0.4 is 0 Å². The third kappa shape index (κ3) is 3.39. The van der Waals surface area contributed by atoms with Gasteiger partial charge in [0, 0.05) is 16.2 Å². The van der Waals surface area contributed by atoms with E-state index in [0.717, 1.165) is 15.1 Å². The van der Waals surface area contributed by atoms with Crippen molar-refractivity contribution in [2.24, 2.45) is 0 Å². The van der Waals surface area contributed by atoms with E-state index < -0.39 is 0 Å². The van der Waals surface area contributed by atoms with Gasteiger partial charge >= 0.3 is 0 Å². The molecule has 3 rings (SSSR count). The Labute approximate surface area is 141 Å². The molecule has 4 nitrogen and oxygen atoms in total. The Balaban J connectivity index is 1.78. The summed E-state index contributed by atoms with van der Waals surface area (Å²) >= 11 is 5.08. The molecule has 0 N–H and O–H groups in total. The van der Waals surface area contributed by atoms with Crippen LogP contribution in [0.1, 0.15) is 23.6 Å². The molecule has 0 fully saturated rings. The van der Waals surface area contributed by atoms with E-state index in [1.54, 1.807) is 18.0 Å². The van der Waals surface area contributed by atoms with Gasteiger partial charge in [-0.1, -0.05) is 29.5 Å². The van der Waals surface area contributed by atoms with Crippen LogP contribution in [0.25, 0.3) is 11.5 Å². The van der Waals surface area contributed by atoms with Crippen LogP contribution in [0.4, 0.5) is 0 Å². The van der Waals surface area contributed by atoms with Crippen molar-refractivity contribution in [3.05, 3.63) is 58.5 Å². The van der Waals surface area contributed by atoms with Gasteiger partial charge in [-0.15, -0.1) is 10.2 Å². The average molecular weight is 376 g/mol. The summed E-state index contributed by atoms with van der Waals surface area (Å²) in [6.45, 7) is 4.07. The molecule has 0 spiro atoms. The van der Waals surface area contributed by atoms with Crippen LogP contribution >= 0.6 is 27.7 Å². The van der Waals surface area contributed by atoms with E-state index in [9.17, 15) is 0 Å². The maximum Gasteiger partial charge on any atom is 0.247 e. The molecule has 0 aliphatic carbocycles. The van der Waals surface area contributed by atoms with Gasteiger partial charge in [0.15, 0.2) is 0 Å². The first-order valence-electron chi connectivity index (χ1n) is 6.81. The van der Waals surface area contributed by atoms with Crippen LogP contribution in [-0.2, 0) is 0 Å². The Bertz CT molecular complexity index is 773. The summed E-state index contributed by atoms with van der Waals surface area (Å²) in [6, 6.07) is 11.9. The number of hydrogen-bond acceptors (Lipinski definition) is 5. The quantitative estimate of drug-likeness (QED) is 0.596. The van der Waals surface area contributed by atoms with E-state index in [2.05, 4.69) is 31.1 Å². The lowest BCUT2D eigenvalue weighted by molar-refractivity contribution is 0.509. The Kier molecular flexibility index (Phi) is 4.59. The summed E-state index contributed by atoms with van der Waals surface area (Å²) < 4.78 is 6.76. The molecule has 6 heteroatoms. The largest absolute Gasteiger partial charge is 0.419 e. The molecular weight excluding hydrogens is 362 g/mol. The smallest absolute Gasteiger partial charge is 0.247 e. The number of nitrogens with zero attached hydrogens (tertiary/aromatic N) is 3. The van der Waals surface area contributed by atoms with Crippen molar-refractivity contribution in [2.45, 2.75) is 24.1 Å². The minimum absolute atomic E-state index is 0.0258. The summed E-state index contributed by atoms with van der Waals surface area (Å²) in [4.78, 5) is 4.34. The Morgan fingerprint density at radius 3 is 2.64 bits per heavy atom. The van der Waals surface area contributed by atoms with E-state index in [1.807, 2.05) is 50.2 Å². The van der Waals surface area contributed by atoms with Crippen LogP contribution in [-0.4, -0.2) is 15.2 Å². The molecule has 0 bridgehead atoms. The minimum Gasteiger partial charge on any atom is -0.419 e. The molecule has 2 heterocycles. The van der Waals surface area contributed by atoms with E-state index in [0.29, 0.717) is 11.8 Å². The van der Waals surface area contributed by atoms with Gasteiger partial charge in [-0.25, -0.2) is 4.98 Å². The van der Waals surface area contributed by atoms with Crippen molar-refractivity contribution in [2.75, 3.05) is 0 Å². The van der Waals surface area contributed by atoms with Crippen molar-refractivity contribution in [3.63, 3.8) is 0 Å². The fourth-order valence-corrected chi connectivity index (χ4v) is 3.26. The normalized spacial score (nSPS) is 12.3. The second-order valence-electron chi connectivity index (χ2n) is 4.86. The highest BCUT2D eigenvalue weighted by molar-refractivity contribution is 9.10. The molecule has 2 aromatic heterocycles. The van der Waals surface area contributed by atoms with Crippen molar-refractivity contribution >= 4 is 27.7 Å². The summed E-state index contributed by atoms with van der Waals surface area (Å²) in [5.74, 6) is 1.14. The van der Waals surface area contributed by atoms with Crippen molar-refractivity contribution in [1.29, 1.82) is 0 Å². The SMILES string of the molecule is Cc1ccc(-c2nnc(C(C)Sc3ncccc3Br)o2)cc1. The van der Waals surface area contributed by atoms with Gasteiger partial charge in [-0.3, -0.25) is 0 Å². The number of benzene rings is 1. The van der Waals surface area contributed by atoms with E-state index >= 15 is 0 Å². The fourth-order valence-electron chi connectivity index (χ4n) is 1.89. The van der Waals surface area contributed by atoms with Crippen molar-refractivity contribution < 1.29 is 4.42 Å². The molecule has 1 aromatic carbocycles. The fraction of sp³-hybridized carbons (Fsp3) is 0.188. The summed E-state index contributed by atoms with van der Waals surface area (Å²) in [6.07, 6.45) is 1.77. The number of aryl methyl sites for hydroxylation is 1. The molecule has 1 unspecified atom stereocenters. The molecule has 0 saturated heterocycles. The lowest BCUT2D eigenvalue weighted by Gasteiger charge is -2.07. The lowest BCUT2D eigenvalue weighted by atomic mass is 10.1. The maximum atomic E-state index is 5.80. The highest BCUT2D eigenvalue weighted by atomic mass is 79.9. The van der Waals surface area contributed by atoms with E-state index in [1.165, 1.54) is 5.56 Å². The van der Waals surface area contributed by atoms with Crippen LogP contribution in [0, 0.1) is 6.92 Å². The van der Waals surface area contributed by atoms with Crippen LogP contribution in [0.3, 0.4) is 0 Å². The predicted molar refractivity (Wildman–Crippen MR) is 90.7 cm³/mol. The molecule has 0 radical (unpaired) electrons. The number of halogens is 1. The Morgan fingerprint density at radius 1 is 1.14 bits per heavy atom. The molecule has 3 aromatic rings. The average Bonchev–Trinajstić information content (AvgIpc) is 3.00. The number of rotatable bonds is 4. The zero-order chi connectivity index (χ0) is 15.5. The molecule has 0 saturated carbocycles. The third-order valence-electron chi connectivity index (χ3n) is 3.10. The van der Waals surface area contributed by atoms with Crippen LogP contribution in [0.15, 0.2) is 56.5 Å². The first-order chi connectivity index (χ1) is 10.6. The first kappa shape index (κ1) is 15.2. The number of thioether (sulfide) groups is 1. The number of aromatic nitrogens is 3. The lowest BCUT2D eigenvalue weighted by Crippen LogP contribution is -1.90. The molecule has 0 amide bonds. The van der Waals surface area contributed by atoms with Gasteiger partial charge in [-0.05, 0) is 54.0 Å². The molecular formula is C16H14BrN3OS. The van der Waals surface area contributed by atoms with Gasteiger partial charge in [0.25, 0.3) is 0 Å². The topological polar surface area (TPSA) is 51.8 Å². The first-order valence-corrected chi connectivity index (χ1v) is 8.48. The second-order valence-corrected chi connectivity index (χ2v) is 7.05. The van der Waals surface area contributed by atoms with E-state index in [4.69, 9.17) is 4.42 Å². The number of pyridine rings is 1. The zero-order valence-electron chi connectivity index (χ0n) is 12.2. The van der Waals surface area contributed by atoms with Crippen molar-refractivity contribution in [1.82, 2.24) is 15.2 Å². The standard InChI is InChI=1S/C16H14BrN3OS/c1-10-5-7-12(8-6-10)15-20-19-14(21-15)11(2)22-16-13(17)4-3-9-18-16/h3-9,11H,1-2H3. The predicted octanol–water partition coefficient (Wildman–Crippen LogP) is 5.06. The highest BCUT2D eigenvalue weighted by Gasteiger charge is 2.17. The molecule has 1 atom stereocenters. The minimum atomic E-state index is 0.0258. The summed E-state index contributed by atoms with van der Waals surface area (Å²) in [5, 5.41) is 9.23. The maximum absolute atomic E-state index is 5.80. The Hall–Kier alpha value is -1.66. The monoisotopic (exact) mass is 375 g/mol. The van der Waals surface area contributed by atoms with Gasteiger partial charge in [0.2, 0.25) is 11.8 Å². The Morgan fingerprint density at radius 2 is 1.91 bits per heavy atom. The molecule has 22 heavy (non-hydrogen) atoms. The van der Waals surface area contributed by atoms with Gasteiger partial charge in [-0.2, -0.15) is 0 Å².